The fourth-order valence-corrected chi connectivity index (χ4v) is 1.40. The van der Waals surface area contributed by atoms with E-state index in [1.54, 1.807) is 0 Å². The second kappa shape index (κ2) is 3.75. The number of aromatic nitrogens is 1. The molecule has 0 radical (unpaired) electrons. The molecule has 2 N–H and O–H groups in total. The molecular formula is C10H15N3. The summed E-state index contributed by atoms with van der Waals surface area (Å²) in [6.07, 6.45) is 1.83. The van der Waals surface area contributed by atoms with Crippen LogP contribution in [0.25, 0.3) is 0 Å². The molecule has 0 amide bonds. The van der Waals surface area contributed by atoms with E-state index in [4.69, 9.17) is 0 Å². The minimum absolute atomic E-state index is 0.779. The average molecular weight is 177 g/mol. The van der Waals surface area contributed by atoms with Gasteiger partial charge >= 0.3 is 0 Å². The van der Waals surface area contributed by atoms with E-state index in [1.165, 1.54) is 5.56 Å². The normalized spacial score (nSPS) is 16.7. The van der Waals surface area contributed by atoms with Crippen LogP contribution in [0.15, 0.2) is 18.3 Å². The lowest BCUT2D eigenvalue weighted by atomic mass is 10.0. The Labute approximate surface area is 78.6 Å². The third-order valence-electron chi connectivity index (χ3n) is 2.43. The molecule has 3 heteroatoms. The summed E-state index contributed by atoms with van der Waals surface area (Å²) in [5.74, 6) is 1.80. The van der Waals surface area contributed by atoms with Crippen molar-refractivity contribution >= 4 is 5.82 Å². The van der Waals surface area contributed by atoms with Crippen molar-refractivity contribution in [2.24, 2.45) is 5.92 Å². The maximum Gasteiger partial charge on any atom is 0.128 e. The molecule has 0 spiro atoms. The van der Waals surface area contributed by atoms with Crippen molar-refractivity contribution in [1.82, 2.24) is 10.3 Å². The Morgan fingerprint density at radius 3 is 3.08 bits per heavy atom. The first-order chi connectivity index (χ1) is 6.36. The van der Waals surface area contributed by atoms with Crippen molar-refractivity contribution in [1.29, 1.82) is 0 Å². The van der Waals surface area contributed by atoms with Crippen molar-refractivity contribution < 1.29 is 0 Å². The Morgan fingerprint density at radius 2 is 2.46 bits per heavy atom. The molecule has 70 valence electrons. The molecule has 0 saturated carbocycles. The number of aryl methyl sites for hydroxylation is 1. The SMILES string of the molecule is Cc1cccnc1NCC1CNC1. The maximum atomic E-state index is 4.28. The lowest BCUT2D eigenvalue weighted by Gasteiger charge is -2.27. The summed E-state index contributed by atoms with van der Waals surface area (Å²) >= 11 is 0. The minimum atomic E-state index is 0.779. The van der Waals surface area contributed by atoms with Gasteiger partial charge in [0.2, 0.25) is 0 Å². The van der Waals surface area contributed by atoms with Crippen molar-refractivity contribution in [3.05, 3.63) is 23.9 Å². The molecule has 0 aromatic carbocycles. The van der Waals surface area contributed by atoms with Crippen LogP contribution >= 0.6 is 0 Å². The number of rotatable bonds is 3. The molecule has 0 unspecified atom stereocenters. The molecule has 1 aromatic heterocycles. The molecule has 3 nitrogen and oxygen atoms in total. The zero-order chi connectivity index (χ0) is 9.10. The highest BCUT2D eigenvalue weighted by molar-refractivity contribution is 5.42. The van der Waals surface area contributed by atoms with Gasteiger partial charge in [0.25, 0.3) is 0 Å². The van der Waals surface area contributed by atoms with Gasteiger partial charge in [0.05, 0.1) is 0 Å². The topological polar surface area (TPSA) is 37.0 Å². The Morgan fingerprint density at radius 1 is 1.62 bits per heavy atom. The van der Waals surface area contributed by atoms with Crippen LogP contribution in [0.3, 0.4) is 0 Å². The number of pyridine rings is 1. The molecule has 0 bridgehead atoms. The van der Waals surface area contributed by atoms with Crippen molar-refractivity contribution in [3.8, 4) is 0 Å². The fraction of sp³-hybridized carbons (Fsp3) is 0.500. The summed E-state index contributed by atoms with van der Waals surface area (Å²) in [6, 6.07) is 4.04. The minimum Gasteiger partial charge on any atom is -0.369 e. The number of nitrogens with one attached hydrogen (secondary N) is 2. The van der Waals surface area contributed by atoms with Gasteiger partial charge in [-0.25, -0.2) is 4.98 Å². The van der Waals surface area contributed by atoms with Crippen LogP contribution in [0.1, 0.15) is 5.56 Å². The molecule has 1 aliphatic heterocycles. The van der Waals surface area contributed by atoms with E-state index in [2.05, 4.69) is 28.6 Å². The molecule has 1 fully saturated rings. The average Bonchev–Trinajstić information content (AvgIpc) is 2.05. The molecule has 2 rings (SSSR count). The standard InChI is InChI=1S/C10H15N3/c1-8-3-2-4-12-10(8)13-7-9-5-11-6-9/h2-4,9,11H,5-7H2,1H3,(H,12,13). The Bertz CT molecular complexity index is 281. The summed E-state index contributed by atoms with van der Waals surface area (Å²) in [5, 5.41) is 6.62. The molecule has 1 aliphatic rings. The monoisotopic (exact) mass is 177 g/mol. The first-order valence-corrected chi connectivity index (χ1v) is 4.72. The van der Waals surface area contributed by atoms with Crippen LogP contribution in [0.4, 0.5) is 5.82 Å². The second-order valence-electron chi connectivity index (χ2n) is 3.57. The van der Waals surface area contributed by atoms with E-state index < -0.39 is 0 Å². The number of nitrogens with zero attached hydrogens (tertiary/aromatic N) is 1. The zero-order valence-corrected chi connectivity index (χ0v) is 7.88. The highest BCUT2D eigenvalue weighted by Crippen LogP contribution is 2.11. The van der Waals surface area contributed by atoms with Crippen LogP contribution in [0.5, 0.6) is 0 Å². The first-order valence-electron chi connectivity index (χ1n) is 4.72. The lowest BCUT2D eigenvalue weighted by molar-refractivity contribution is 0.365. The fourth-order valence-electron chi connectivity index (χ4n) is 1.40. The Balaban J connectivity index is 1.89. The van der Waals surface area contributed by atoms with Gasteiger partial charge in [-0.3, -0.25) is 0 Å². The molecule has 0 aliphatic carbocycles. The van der Waals surface area contributed by atoms with Gasteiger partial charge in [0, 0.05) is 31.7 Å². The van der Waals surface area contributed by atoms with Crippen LogP contribution in [-0.2, 0) is 0 Å². The van der Waals surface area contributed by atoms with Gasteiger partial charge in [-0.15, -0.1) is 0 Å². The summed E-state index contributed by atoms with van der Waals surface area (Å²) in [4.78, 5) is 4.28. The van der Waals surface area contributed by atoms with Crippen LogP contribution in [0, 0.1) is 12.8 Å². The number of hydrogen-bond donors (Lipinski definition) is 2. The van der Waals surface area contributed by atoms with Crippen LogP contribution in [0.2, 0.25) is 0 Å². The highest BCUT2D eigenvalue weighted by atomic mass is 15.0. The molecular weight excluding hydrogens is 162 g/mol. The van der Waals surface area contributed by atoms with E-state index in [0.29, 0.717) is 0 Å². The molecule has 1 aromatic rings. The highest BCUT2D eigenvalue weighted by Gasteiger charge is 2.16. The second-order valence-corrected chi connectivity index (χ2v) is 3.57. The van der Waals surface area contributed by atoms with E-state index in [9.17, 15) is 0 Å². The maximum absolute atomic E-state index is 4.28. The van der Waals surface area contributed by atoms with E-state index in [1.807, 2.05) is 12.3 Å². The molecule has 1 saturated heterocycles. The van der Waals surface area contributed by atoms with Gasteiger partial charge in [0.15, 0.2) is 0 Å². The smallest absolute Gasteiger partial charge is 0.128 e. The quantitative estimate of drug-likeness (QED) is 0.724. The van der Waals surface area contributed by atoms with Gasteiger partial charge in [0.1, 0.15) is 5.82 Å². The van der Waals surface area contributed by atoms with Gasteiger partial charge in [-0.2, -0.15) is 0 Å². The van der Waals surface area contributed by atoms with Crippen molar-refractivity contribution in [2.45, 2.75) is 6.92 Å². The summed E-state index contributed by atoms with van der Waals surface area (Å²) < 4.78 is 0. The van der Waals surface area contributed by atoms with E-state index >= 15 is 0 Å². The third kappa shape index (κ3) is 1.98. The van der Waals surface area contributed by atoms with Crippen LogP contribution < -0.4 is 10.6 Å². The Kier molecular flexibility index (Phi) is 2.45. The predicted octanol–water partition coefficient (Wildman–Crippen LogP) is 1.02. The largest absolute Gasteiger partial charge is 0.369 e. The van der Waals surface area contributed by atoms with Crippen molar-refractivity contribution in [2.75, 3.05) is 25.0 Å². The zero-order valence-electron chi connectivity index (χ0n) is 7.88. The van der Waals surface area contributed by atoms with E-state index in [0.717, 1.165) is 31.4 Å². The van der Waals surface area contributed by atoms with Gasteiger partial charge < -0.3 is 10.6 Å². The van der Waals surface area contributed by atoms with Crippen LogP contribution in [-0.4, -0.2) is 24.6 Å². The van der Waals surface area contributed by atoms with E-state index in [-0.39, 0.29) is 0 Å². The third-order valence-corrected chi connectivity index (χ3v) is 2.43. The Hall–Kier alpha value is -1.09. The summed E-state index contributed by atoms with van der Waals surface area (Å²) in [6.45, 7) is 5.39. The first kappa shape index (κ1) is 8.51. The van der Waals surface area contributed by atoms with Crippen molar-refractivity contribution in [3.63, 3.8) is 0 Å². The summed E-state index contributed by atoms with van der Waals surface area (Å²) in [5.41, 5.74) is 1.22. The van der Waals surface area contributed by atoms with Gasteiger partial charge in [-0.1, -0.05) is 6.07 Å². The van der Waals surface area contributed by atoms with Gasteiger partial charge in [-0.05, 0) is 18.6 Å². The number of hydrogen-bond acceptors (Lipinski definition) is 3. The predicted molar refractivity (Wildman–Crippen MR) is 53.8 cm³/mol. The number of anilines is 1. The molecule has 13 heavy (non-hydrogen) atoms. The lowest BCUT2D eigenvalue weighted by Crippen LogP contribution is -2.45. The molecule has 0 atom stereocenters. The summed E-state index contributed by atoms with van der Waals surface area (Å²) in [7, 11) is 0. The molecule has 2 heterocycles.